The molecule has 0 aliphatic carbocycles. The van der Waals surface area contributed by atoms with Crippen LogP contribution in [0.15, 0.2) is 59.1 Å². The minimum Gasteiger partial charge on any atom is -0.288 e. The molecule has 132 valence electrons. The zero-order valence-electron chi connectivity index (χ0n) is 14.2. The minimum atomic E-state index is -3.60. The van der Waals surface area contributed by atoms with Crippen molar-refractivity contribution in [2.45, 2.75) is 18.1 Å². The summed E-state index contributed by atoms with van der Waals surface area (Å²) in [5, 5.41) is 0. The lowest BCUT2D eigenvalue weighted by atomic mass is 10.1. The molecular weight excluding hydrogens is 368 g/mol. The first-order chi connectivity index (χ1) is 12.4. The highest BCUT2D eigenvalue weighted by molar-refractivity contribution is 7.94. The maximum Gasteiger partial charge on any atom is 0.271 e. The van der Waals surface area contributed by atoms with Gasteiger partial charge >= 0.3 is 0 Å². The van der Waals surface area contributed by atoms with Crippen LogP contribution in [-0.4, -0.2) is 22.8 Å². The normalized spacial score (nSPS) is 11.8. The van der Waals surface area contributed by atoms with Gasteiger partial charge in [-0.1, -0.05) is 12.1 Å². The average Bonchev–Trinajstić information content (AvgIpc) is 3.20. The molecule has 4 aromatic rings. The third-order valence-electron chi connectivity index (χ3n) is 4.01. The van der Waals surface area contributed by atoms with Gasteiger partial charge in [0.15, 0.2) is 0 Å². The number of aromatic nitrogens is 3. The van der Waals surface area contributed by atoms with Crippen LogP contribution in [-0.2, 0) is 10.0 Å². The summed E-state index contributed by atoms with van der Waals surface area (Å²) in [6.45, 7) is 3.84. The van der Waals surface area contributed by atoms with Gasteiger partial charge in [0.25, 0.3) is 10.0 Å². The number of nitrogens with zero attached hydrogens (tertiary/aromatic N) is 3. The number of thiophene rings is 1. The van der Waals surface area contributed by atoms with Crippen LogP contribution in [0.25, 0.3) is 17.0 Å². The predicted molar refractivity (Wildman–Crippen MR) is 103 cm³/mol. The Hall–Kier alpha value is -2.71. The Balaban J connectivity index is 1.71. The van der Waals surface area contributed by atoms with Gasteiger partial charge < -0.3 is 0 Å². The Morgan fingerprint density at radius 2 is 1.96 bits per heavy atom. The smallest absolute Gasteiger partial charge is 0.271 e. The largest absolute Gasteiger partial charge is 0.288 e. The SMILES string of the molecule is Cc1ccc(S(=O)(=O)Nc2cccc(-c3nc4ncccn4c3C)c2)s1. The highest BCUT2D eigenvalue weighted by Gasteiger charge is 2.17. The molecule has 0 aliphatic heterocycles. The number of rotatable bonds is 4. The first-order valence-corrected chi connectivity index (χ1v) is 10.2. The van der Waals surface area contributed by atoms with E-state index in [9.17, 15) is 8.42 Å². The van der Waals surface area contributed by atoms with E-state index in [-0.39, 0.29) is 0 Å². The molecule has 0 spiro atoms. The van der Waals surface area contributed by atoms with Gasteiger partial charge in [-0.25, -0.2) is 18.4 Å². The van der Waals surface area contributed by atoms with E-state index in [1.165, 1.54) is 11.3 Å². The fourth-order valence-corrected chi connectivity index (χ4v) is 5.10. The molecule has 8 heteroatoms. The molecule has 6 nitrogen and oxygen atoms in total. The Labute approximate surface area is 155 Å². The fraction of sp³-hybridized carbons (Fsp3) is 0.111. The lowest BCUT2D eigenvalue weighted by Crippen LogP contribution is -2.11. The van der Waals surface area contributed by atoms with E-state index in [0.29, 0.717) is 15.7 Å². The quantitative estimate of drug-likeness (QED) is 0.579. The zero-order valence-corrected chi connectivity index (χ0v) is 15.8. The molecule has 3 heterocycles. The van der Waals surface area contributed by atoms with Gasteiger partial charge in [-0.05, 0) is 44.2 Å². The maximum atomic E-state index is 12.5. The van der Waals surface area contributed by atoms with Crippen molar-refractivity contribution >= 4 is 32.8 Å². The van der Waals surface area contributed by atoms with Gasteiger partial charge in [0.2, 0.25) is 5.78 Å². The van der Waals surface area contributed by atoms with Gasteiger partial charge in [-0.15, -0.1) is 11.3 Å². The average molecular weight is 384 g/mol. The monoisotopic (exact) mass is 384 g/mol. The van der Waals surface area contributed by atoms with Crippen molar-refractivity contribution in [1.29, 1.82) is 0 Å². The minimum absolute atomic E-state index is 0.300. The molecule has 1 aromatic carbocycles. The van der Waals surface area contributed by atoms with Crippen molar-refractivity contribution in [1.82, 2.24) is 14.4 Å². The molecule has 0 fully saturated rings. The number of sulfonamides is 1. The third-order valence-corrected chi connectivity index (χ3v) is 6.89. The van der Waals surface area contributed by atoms with Crippen molar-refractivity contribution in [3.8, 4) is 11.3 Å². The molecule has 4 rings (SSSR count). The summed E-state index contributed by atoms with van der Waals surface area (Å²) in [7, 11) is -3.60. The van der Waals surface area contributed by atoms with E-state index in [0.717, 1.165) is 21.8 Å². The molecule has 0 radical (unpaired) electrons. The van der Waals surface area contributed by atoms with Crippen molar-refractivity contribution in [2.24, 2.45) is 0 Å². The van der Waals surface area contributed by atoms with Gasteiger partial charge in [0.05, 0.1) is 5.69 Å². The summed E-state index contributed by atoms with van der Waals surface area (Å²) in [6.07, 6.45) is 3.60. The fourth-order valence-electron chi connectivity index (χ4n) is 2.77. The van der Waals surface area contributed by atoms with Gasteiger partial charge in [0.1, 0.15) is 4.21 Å². The molecule has 0 saturated heterocycles. The topological polar surface area (TPSA) is 76.4 Å². The Morgan fingerprint density at radius 1 is 1.12 bits per heavy atom. The van der Waals surface area contributed by atoms with Crippen LogP contribution in [0.1, 0.15) is 10.6 Å². The number of benzene rings is 1. The number of imidazole rings is 1. The van der Waals surface area contributed by atoms with Crippen LogP contribution in [0.3, 0.4) is 0 Å². The molecule has 0 saturated carbocycles. The number of hydrogen-bond acceptors (Lipinski definition) is 5. The van der Waals surface area contributed by atoms with Crippen LogP contribution in [0.2, 0.25) is 0 Å². The van der Waals surface area contributed by atoms with Crippen LogP contribution in [0, 0.1) is 13.8 Å². The third kappa shape index (κ3) is 2.97. The first-order valence-electron chi connectivity index (χ1n) is 7.93. The lowest BCUT2D eigenvalue weighted by Gasteiger charge is -2.08. The van der Waals surface area contributed by atoms with Crippen LogP contribution in [0.5, 0.6) is 0 Å². The second-order valence-corrected chi connectivity index (χ2v) is 9.08. The van der Waals surface area contributed by atoms with E-state index in [1.807, 2.05) is 42.6 Å². The van der Waals surface area contributed by atoms with E-state index >= 15 is 0 Å². The summed E-state index contributed by atoms with van der Waals surface area (Å²) in [5.41, 5.74) is 3.05. The van der Waals surface area contributed by atoms with Crippen molar-refractivity contribution < 1.29 is 8.42 Å². The first kappa shape index (κ1) is 16.7. The second-order valence-electron chi connectivity index (χ2n) is 5.89. The van der Waals surface area contributed by atoms with Crippen LogP contribution in [0.4, 0.5) is 5.69 Å². The summed E-state index contributed by atoms with van der Waals surface area (Å²) < 4.78 is 29.9. The Morgan fingerprint density at radius 3 is 2.69 bits per heavy atom. The van der Waals surface area contributed by atoms with Crippen LogP contribution < -0.4 is 4.72 Å². The molecule has 0 bridgehead atoms. The molecule has 26 heavy (non-hydrogen) atoms. The standard InChI is InChI=1S/C18H16N4O2S2/c1-12-7-8-16(25-12)26(23,24)21-15-6-3-5-14(11-15)17-13(2)22-10-4-9-19-18(22)20-17/h3-11,21H,1-2H3. The summed E-state index contributed by atoms with van der Waals surface area (Å²) in [4.78, 5) is 9.76. The second kappa shape index (κ2) is 6.22. The van der Waals surface area contributed by atoms with Crippen LogP contribution >= 0.6 is 11.3 Å². The molecule has 3 aromatic heterocycles. The maximum absolute atomic E-state index is 12.5. The molecule has 0 unspecified atom stereocenters. The number of hydrogen-bond donors (Lipinski definition) is 1. The number of aryl methyl sites for hydroxylation is 2. The van der Waals surface area contributed by atoms with Crippen molar-refractivity contribution in [2.75, 3.05) is 4.72 Å². The number of nitrogens with one attached hydrogen (secondary N) is 1. The highest BCUT2D eigenvalue weighted by atomic mass is 32.2. The molecule has 0 amide bonds. The van der Waals surface area contributed by atoms with E-state index in [1.54, 1.807) is 30.5 Å². The van der Waals surface area contributed by atoms with Gasteiger partial charge in [0, 0.05) is 34.2 Å². The summed E-state index contributed by atoms with van der Waals surface area (Å²) in [6, 6.07) is 12.5. The summed E-state index contributed by atoms with van der Waals surface area (Å²) >= 11 is 1.25. The number of fused-ring (bicyclic) bond motifs is 1. The van der Waals surface area contributed by atoms with Crippen molar-refractivity contribution in [3.05, 3.63) is 65.4 Å². The zero-order chi connectivity index (χ0) is 18.3. The summed E-state index contributed by atoms with van der Waals surface area (Å²) in [5.74, 6) is 0.611. The van der Waals surface area contributed by atoms with E-state index < -0.39 is 10.0 Å². The van der Waals surface area contributed by atoms with Gasteiger partial charge in [-0.2, -0.15) is 0 Å². The Kier molecular flexibility index (Phi) is 4.01. The van der Waals surface area contributed by atoms with Crippen molar-refractivity contribution in [3.63, 3.8) is 0 Å². The molecular formula is C18H16N4O2S2. The van der Waals surface area contributed by atoms with E-state index in [2.05, 4.69) is 14.7 Å². The molecule has 0 aliphatic rings. The lowest BCUT2D eigenvalue weighted by molar-refractivity contribution is 0.603. The highest BCUT2D eigenvalue weighted by Crippen LogP contribution is 2.28. The van der Waals surface area contributed by atoms with E-state index in [4.69, 9.17) is 0 Å². The molecule has 0 atom stereocenters. The molecule has 1 N–H and O–H groups in total. The number of anilines is 1. The Bertz CT molecular complexity index is 1210. The van der Waals surface area contributed by atoms with Gasteiger partial charge in [-0.3, -0.25) is 9.12 Å². The predicted octanol–water partition coefficient (Wildman–Crippen LogP) is 3.88.